The summed E-state index contributed by atoms with van der Waals surface area (Å²) in [4.78, 5) is 11.6. The van der Waals surface area contributed by atoms with E-state index in [2.05, 4.69) is 14.9 Å². The van der Waals surface area contributed by atoms with Gasteiger partial charge in [0.1, 0.15) is 0 Å². The zero-order valence-corrected chi connectivity index (χ0v) is 14.3. The minimum atomic E-state index is -3.14. The standard InChI is InChI=1S/C17H21N3O2S/c1-13-10-18-11-16(19-13)17-4-3-9-20(17)12-14-5-7-15(8-6-14)23(2,21)22/h5-8,10-11,17H,3-4,9,12H2,1-2H3/t17-/m0/s1. The average molecular weight is 331 g/mol. The summed E-state index contributed by atoms with van der Waals surface area (Å²) in [5.41, 5.74) is 3.08. The van der Waals surface area contributed by atoms with Gasteiger partial charge in [0.25, 0.3) is 0 Å². The monoisotopic (exact) mass is 331 g/mol. The Hall–Kier alpha value is -1.79. The van der Waals surface area contributed by atoms with Crippen LogP contribution in [0.5, 0.6) is 0 Å². The maximum absolute atomic E-state index is 11.5. The van der Waals surface area contributed by atoms with Gasteiger partial charge in [-0.05, 0) is 44.0 Å². The van der Waals surface area contributed by atoms with E-state index in [9.17, 15) is 8.42 Å². The van der Waals surface area contributed by atoms with E-state index in [0.717, 1.165) is 42.9 Å². The molecule has 2 heterocycles. The van der Waals surface area contributed by atoms with Gasteiger partial charge in [0.05, 0.1) is 22.3 Å². The Balaban J connectivity index is 1.76. The van der Waals surface area contributed by atoms with Gasteiger partial charge in [0, 0.05) is 25.2 Å². The van der Waals surface area contributed by atoms with E-state index in [4.69, 9.17) is 0 Å². The summed E-state index contributed by atoms with van der Waals surface area (Å²) < 4.78 is 23.1. The molecule has 1 atom stereocenters. The fraction of sp³-hybridized carbons (Fsp3) is 0.412. The highest BCUT2D eigenvalue weighted by atomic mass is 32.2. The molecule has 2 aromatic rings. The largest absolute Gasteiger partial charge is 0.290 e. The van der Waals surface area contributed by atoms with Crippen LogP contribution in [0, 0.1) is 6.92 Å². The molecule has 6 heteroatoms. The zero-order valence-electron chi connectivity index (χ0n) is 13.4. The molecule has 1 aromatic heterocycles. The van der Waals surface area contributed by atoms with Crippen molar-refractivity contribution >= 4 is 9.84 Å². The van der Waals surface area contributed by atoms with Crippen molar-refractivity contribution in [3.8, 4) is 0 Å². The Morgan fingerprint density at radius 3 is 2.61 bits per heavy atom. The van der Waals surface area contributed by atoms with Crippen LogP contribution in [0.3, 0.4) is 0 Å². The second-order valence-corrected chi connectivity index (χ2v) is 8.15. The van der Waals surface area contributed by atoms with Crippen molar-refractivity contribution in [2.24, 2.45) is 0 Å². The van der Waals surface area contributed by atoms with Crippen LogP contribution in [0.4, 0.5) is 0 Å². The van der Waals surface area contributed by atoms with Crippen LogP contribution in [0.1, 0.15) is 35.8 Å². The van der Waals surface area contributed by atoms with Gasteiger partial charge in [-0.15, -0.1) is 0 Å². The maximum Gasteiger partial charge on any atom is 0.175 e. The van der Waals surface area contributed by atoms with Crippen LogP contribution in [-0.2, 0) is 16.4 Å². The smallest absolute Gasteiger partial charge is 0.175 e. The fourth-order valence-electron chi connectivity index (χ4n) is 3.07. The van der Waals surface area contributed by atoms with Gasteiger partial charge in [-0.3, -0.25) is 14.9 Å². The lowest BCUT2D eigenvalue weighted by Crippen LogP contribution is -2.23. The van der Waals surface area contributed by atoms with Crippen LogP contribution in [0.2, 0.25) is 0 Å². The van der Waals surface area contributed by atoms with Gasteiger partial charge >= 0.3 is 0 Å². The molecule has 1 aromatic carbocycles. The molecule has 0 spiro atoms. The minimum absolute atomic E-state index is 0.289. The molecule has 1 saturated heterocycles. The predicted octanol–water partition coefficient (Wildman–Crippen LogP) is 2.53. The van der Waals surface area contributed by atoms with E-state index in [0.29, 0.717) is 4.90 Å². The fourth-order valence-corrected chi connectivity index (χ4v) is 3.70. The molecule has 3 rings (SSSR count). The third-order valence-corrected chi connectivity index (χ3v) is 5.34. The molecule has 0 unspecified atom stereocenters. The Bertz CT molecular complexity index is 788. The lowest BCUT2D eigenvalue weighted by atomic mass is 10.1. The molecule has 5 nitrogen and oxygen atoms in total. The number of hydrogen-bond acceptors (Lipinski definition) is 5. The van der Waals surface area contributed by atoms with Crippen LogP contribution < -0.4 is 0 Å². The van der Waals surface area contributed by atoms with Gasteiger partial charge in [-0.2, -0.15) is 0 Å². The van der Waals surface area contributed by atoms with E-state index in [1.54, 1.807) is 18.3 Å². The Kier molecular flexibility index (Phi) is 4.46. The number of aromatic nitrogens is 2. The first-order valence-electron chi connectivity index (χ1n) is 7.75. The maximum atomic E-state index is 11.5. The van der Waals surface area contributed by atoms with Crippen molar-refractivity contribution in [1.82, 2.24) is 14.9 Å². The van der Waals surface area contributed by atoms with Gasteiger partial charge in [0.15, 0.2) is 9.84 Å². The van der Waals surface area contributed by atoms with Gasteiger partial charge in [-0.25, -0.2) is 8.42 Å². The van der Waals surface area contributed by atoms with Crippen LogP contribution in [0.15, 0.2) is 41.6 Å². The predicted molar refractivity (Wildman–Crippen MR) is 88.7 cm³/mol. The molecule has 23 heavy (non-hydrogen) atoms. The summed E-state index contributed by atoms with van der Waals surface area (Å²) in [6, 6.07) is 7.45. The number of rotatable bonds is 4. The highest BCUT2D eigenvalue weighted by molar-refractivity contribution is 7.90. The van der Waals surface area contributed by atoms with Crippen molar-refractivity contribution in [2.45, 2.75) is 37.2 Å². The number of sulfone groups is 1. The molecule has 0 radical (unpaired) electrons. The molecule has 1 fully saturated rings. The molecular formula is C17H21N3O2S. The van der Waals surface area contributed by atoms with Gasteiger partial charge in [0.2, 0.25) is 0 Å². The molecule has 0 bridgehead atoms. The minimum Gasteiger partial charge on any atom is -0.290 e. The van der Waals surface area contributed by atoms with Crippen LogP contribution in [-0.4, -0.2) is 36.1 Å². The van der Waals surface area contributed by atoms with E-state index < -0.39 is 9.84 Å². The number of nitrogens with zero attached hydrogens (tertiary/aromatic N) is 3. The lowest BCUT2D eigenvalue weighted by Gasteiger charge is -2.24. The quantitative estimate of drug-likeness (QED) is 0.861. The van der Waals surface area contributed by atoms with E-state index >= 15 is 0 Å². The number of likely N-dealkylation sites (tertiary alicyclic amines) is 1. The van der Waals surface area contributed by atoms with Crippen molar-refractivity contribution in [1.29, 1.82) is 0 Å². The Morgan fingerprint density at radius 2 is 1.96 bits per heavy atom. The lowest BCUT2D eigenvalue weighted by molar-refractivity contribution is 0.243. The SMILES string of the molecule is Cc1cncc([C@@H]2CCCN2Cc2ccc(S(C)(=O)=O)cc2)n1. The summed E-state index contributed by atoms with van der Waals surface area (Å²) >= 11 is 0. The molecule has 1 aliphatic heterocycles. The highest BCUT2D eigenvalue weighted by Gasteiger charge is 2.27. The Morgan fingerprint density at radius 1 is 1.22 bits per heavy atom. The average Bonchev–Trinajstić information content (AvgIpc) is 2.95. The van der Waals surface area contributed by atoms with Gasteiger partial charge < -0.3 is 0 Å². The summed E-state index contributed by atoms with van der Waals surface area (Å²) in [5.74, 6) is 0. The van der Waals surface area contributed by atoms with Gasteiger partial charge in [-0.1, -0.05) is 12.1 Å². The van der Waals surface area contributed by atoms with Crippen molar-refractivity contribution < 1.29 is 8.42 Å². The molecule has 122 valence electrons. The zero-order chi connectivity index (χ0) is 16.4. The third-order valence-electron chi connectivity index (χ3n) is 4.22. The van der Waals surface area contributed by atoms with Crippen LogP contribution >= 0.6 is 0 Å². The highest BCUT2D eigenvalue weighted by Crippen LogP contribution is 2.31. The van der Waals surface area contributed by atoms with E-state index in [1.807, 2.05) is 25.3 Å². The summed E-state index contributed by atoms with van der Waals surface area (Å²) in [6.07, 6.45) is 7.08. The van der Waals surface area contributed by atoms with Crippen LogP contribution in [0.25, 0.3) is 0 Å². The first-order chi connectivity index (χ1) is 10.9. The van der Waals surface area contributed by atoms with E-state index in [-0.39, 0.29) is 6.04 Å². The first kappa shape index (κ1) is 16.1. The molecule has 0 amide bonds. The second-order valence-electron chi connectivity index (χ2n) is 6.13. The first-order valence-corrected chi connectivity index (χ1v) is 9.64. The second kappa shape index (κ2) is 6.37. The number of aryl methyl sites for hydroxylation is 1. The van der Waals surface area contributed by atoms with Crippen molar-refractivity contribution in [3.05, 3.63) is 53.6 Å². The number of hydrogen-bond donors (Lipinski definition) is 0. The summed E-state index contributed by atoms with van der Waals surface area (Å²) in [5, 5.41) is 0. The summed E-state index contributed by atoms with van der Waals surface area (Å²) in [6.45, 7) is 3.78. The normalized spacial score (nSPS) is 19.1. The van der Waals surface area contributed by atoms with E-state index in [1.165, 1.54) is 6.26 Å². The van der Waals surface area contributed by atoms with Crippen molar-refractivity contribution in [3.63, 3.8) is 0 Å². The summed E-state index contributed by atoms with van der Waals surface area (Å²) in [7, 11) is -3.14. The Labute approximate surface area is 137 Å². The van der Waals surface area contributed by atoms with Crippen molar-refractivity contribution in [2.75, 3.05) is 12.8 Å². The molecular weight excluding hydrogens is 310 g/mol. The molecule has 0 saturated carbocycles. The third kappa shape index (κ3) is 3.76. The molecule has 0 aliphatic carbocycles. The number of benzene rings is 1. The topological polar surface area (TPSA) is 63.2 Å². The molecule has 1 aliphatic rings. The molecule has 0 N–H and O–H groups in total.